The fourth-order valence-electron chi connectivity index (χ4n) is 3.81. The van der Waals surface area contributed by atoms with Crippen LogP contribution in [0.25, 0.3) is 0 Å². The third-order valence-electron chi connectivity index (χ3n) is 5.48. The SMILES string of the molecule is CC(=O)c1ccc(N2CCN(C(=O)C3CC(c4ccccn4)NN3)CC2)cc1. The molecule has 7 heteroatoms. The van der Waals surface area contributed by atoms with Gasteiger partial charge in [0.15, 0.2) is 5.78 Å². The van der Waals surface area contributed by atoms with Gasteiger partial charge in [0, 0.05) is 43.6 Å². The van der Waals surface area contributed by atoms with Gasteiger partial charge in [-0.2, -0.15) is 0 Å². The Bertz CT molecular complexity index is 832. The molecule has 146 valence electrons. The van der Waals surface area contributed by atoms with Crippen molar-refractivity contribution in [3.63, 3.8) is 0 Å². The van der Waals surface area contributed by atoms with Gasteiger partial charge >= 0.3 is 0 Å². The second kappa shape index (κ2) is 8.08. The molecule has 2 fully saturated rings. The van der Waals surface area contributed by atoms with Crippen LogP contribution in [0.5, 0.6) is 0 Å². The van der Waals surface area contributed by atoms with Gasteiger partial charge in [0.2, 0.25) is 5.91 Å². The molecule has 2 N–H and O–H groups in total. The zero-order chi connectivity index (χ0) is 19.5. The molecule has 3 heterocycles. The van der Waals surface area contributed by atoms with Crippen LogP contribution in [0.4, 0.5) is 5.69 Å². The lowest BCUT2D eigenvalue weighted by molar-refractivity contribution is -0.133. The lowest BCUT2D eigenvalue weighted by atomic mass is 10.1. The standard InChI is InChI=1S/C21H25N5O2/c1-15(27)16-5-7-17(8-6-16)25-10-12-26(13-11-25)21(28)20-14-19(23-24-20)18-4-2-3-9-22-18/h2-9,19-20,23-24H,10-14H2,1H3. The molecule has 2 aliphatic heterocycles. The minimum absolute atomic E-state index is 0.0521. The van der Waals surface area contributed by atoms with E-state index in [1.807, 2.05) is 47.4 Å². The van der Waals surface area contributed by atoms with Crippen LogP contribution in [0.1, 0.15) is 35.4 Å². The number of hydrazine groups is 1. The number of pyridine rings is 1. The lowest BCUT2D eigenvalue weighted by Crippen LogP contribution is -2.53. The molecule has 0 saturated carbocycles. The van der Waals surface area contributed by atoms with Gasteiger partial charge in [-0.25, -0.2) is 10.9 Å². The first-order valence-electron chi connectivity index (χ1n) is 9.68. The summed E-state index contributed by atoms with van der Waals surface area (Å²) in [5.41, 5.74) is 9.09. The van der Waals surface area contributed by atoms with Crippen molar-refractivity contribution in [2.45, 2.75) is 25.4 Å². The lowest BCUT2D eigenvalue weighted by Gasteiger charge is -2.37. The molecule has 0 radical (unpaired) electrons. The third-order valence-corrected chi connectivity index (χ3v) is 5.48. The summed E-state index contributed by atoms with van der Waals surface area (Å²) in [7, 11) is 0. The number of rotatable bonds is 4. The van der Waals surface area contributed by atoms with Crippen LogP contribution in [0.15, 0.2) is 48.7 Å². The van der Waals surface area contributed by atoms with Gasteiger partial charge < -0.3 is 9.80 Å². The van der Waals surface area contributed by atoms with Crippen molar-refractivity contribution in [3.8, 4) is 0 Å². The number of anilines is 1. The molecule has 0 bridgehead atoms. The maximum absolute atomic E-state index is 12.9. The van der Waals surface area contributed by atoms with Crippen LogP contribution in [0.3, 0.4) is 0 Å². The minimum Gasteiger partial charge on any atom is -0.368 e. The highest BCUT2D eigenvalue weighted by Crippen LogP contribution is 2.22. The van der Waals surface area contributed by atoms with Crippen molar-refractivity contribution >= 4 is 17.4 Å². The van der Waals surface area contributed by atoms with E-state index in [4.69, 9.17) is 0 Å². The minimum atomic E-state index is -0.228. The van der Waals surface area contributed by atoms with Crippen LogP contribution in [-0.2, 0) is 4.79 Å². The number of nitrogens with zero attached hydrogens (tertiary/aromatic N) is 3. The van der Waals surface area contributed by atoms with Crippen molar-refractivity contribution < 1.29 is 9.59 Å². The number of ketones is 1. The summed E-state index contributed by atoms with van der Waals surface area (Å²) in [4.78, 5) is 32.9. The van der Waals surface area contributed by atoms with E-state index in [1.54, 1.807) is 13.1 Å². The van der Waals surface area contributed by atoms with Crippen LogP contribution in [-0.4, -0.2) is 53.8 Å². The Kier molecular flexibility index (Phi) is 5.36. The Morgan fingerprint density at radius 1 is 1.00 bits per heavy atom. The normalized spacial score (nSPS) is 22.3. The number of piperazine rings is 1. The molecule has 0 aliphatic carbocycles. The summed E-state index contributed by atoms with van der Waals surface area (Å²) in [6, 6.07) is 13.3. The van der Waals surface area contributed by atoms with Gasteiger partial charge in [-0.15, -0.1) is 0 Å². The number of carbonyl (C=O) groups excluding carboxylic acids is 2. The van der Waals surface area contributed by atoms with Gasteiger partial charge in [0.05, 0.1) is 11.7 Å². The number of amides is 1. The quantitative estimate of drug-likeness (QED) is 0.785. The maximum atomic E-state index is 12.9. The first-order valence-corrected chi connectivity index (χ1v) is 9.68. The topological polar surface area (TPSA) is 77.6 Å². The molecular formula is C21H25N5O2. The second-order valence-corrected chi connectivity index (χ2v) is 7.30. The smallest absolute Gasteiger partial charge is 0.241 e. The summed E-state index contributed by atoms with van der Waals surface area (Å²) in [5, 5.41) is 0. The molecule has 4 rings (SSSR count). The van der Waals surface area contributed by atoms with Crippen molar-refractivity contribution in [2.24, 2.45) is 0 Å². The first kappa shape index (κ1) is 18.6. The van der Waals surface area contributed by atoms with Gasteiger partial charge in [-0.05, 0) is 49.7 Å². The summed E-state index contributed by atoms with van der Waals surface area (Å²) in [5.74, 6) is 0.209. The van der Waals surface area contributed by atoms with Crippen molar-refractivity contribution in [3.05, 3.63) is 59.9 Å². The molecule has 1 amide bonds. The zero-order valence-corrected chi connectivity index (χ0v) is 16.0. The average Bonchev–Trinajstić information content (AvgIpc) is 3.24. The number of benzene rings is 1. The Morgan fingerprint density at radius 2 is 1.75 bits per heavy atom. The van der Waals surface area contributed by atoms with E-state index in [0.29, 0.717) is 19.5 Å². The van der Waals surface area contributed by atoms with E-state index in [1.165, 1.54) is 0 Å². The number of hydrogen-bond acceptors (Lipinski definition) is 6. The number of Topliss-reactive ketones (excluding diaryl/α,β-unsaturated/α-hetero) is 1. The Balaban J connectivity index is 1.31. The summed E-state index contributed by atoms with van der Waals surface area (Å²) in [6.07, 6.45) is 2.47. The number of hydrogen-bond donors (Lipinski definition) is 2. The summed E-state index contributed by atoms with van der Waals surface area (Å²) >= 11 is 0. The van der Waals surface area contributed by atoms with E-state index in [2.05, 4.69) is 20.7 Å². The highest BCUT2D eigenvalue weighted by molar-refractivity contribution is 5.94. The highest BCUT2D eigenvalue weighted by atomic mass is 16.2. The molecule has 2 saturated heterocycles. The van der Waals surface area contributed by atoms with Crippen LogP contribution < -0.4 is 15.8 Å². The van der Waals surface area contributed by atoms with Gasteiger partial charge in [-0.3, -0.25) is 14.6 Å². The van der Waals surface area contributed by atoms with Gasteiger partial charge in [0.25, 0.3) is 0 Å². The van der Waals surface area contributed by atoms with Crippen LogP contribution >= 0.6 is 0 Å². The molecule has 28 heavy (non-hydrogen) atoms. The third kappa shape index (κ3) is 3.90. The Hall–Kier alpha value is -2.77. The van der Waals surface area contributed by atoms with E-state index < -0.39 is 0 Å². The molecule has 1 aromatic heterocycles. The van der Waals surface area contributed by atoms with Crippen molar-refractivity contribution in [1.29, 1.82) is 0 Å². The molecule has 2 atom stereocenters. The fourth-order valence-corrected chi connectivity index (χ4v) is 3.81. The van der Waals surface area contributed by atoms with Crippen LogP contribution in [0, 0.1) is 0 Å². The fraction of sp³-hybridized carbons (Fsp3) is 0.381. The number of aromatic nitrogens is 1. The predicted molar refractivity (Wildman–Crippen MR) is 107 cm³/mol. The average molecular weight is 379 g/mol. The van der Waals surface area contributed by atoms with E-state index in [0.717, 1.165) is 30.0 Å². The highest BCUT2D eigenvalue weighted by Gasteiger charge is 2.34. The van der Waals surface area contributed by atoms with E-state index >= 15 is 0 Å². The van der Waals surface area contributed by atoms with Gasteiger partial charge in [0.1, 0.15) is 6.04 Å². The molecular weight excluding hydrogens is 354 g/mol. The van der Waals surface area contributed by atoms with E-state index in [9.17, 15) is 9.59 Å². The molecule has 1 aromatic carbocycles. The Labute approximate surface area is 164 Å². The van der Waals surface area contributed by atoms with E-state index in [-0.39, 0.29) is 23.8 Å². The van der Waals surface area contributed by atoms with Crippen LogP contribution in [0.2, 0.25) is 0 Å². The summed E-state index contributed by atoms with van der Waals surface area (Å²) in [6.45, 7) is 4.53. The second-order valence-electron chi connectivity index (χ2n) is 7.30. The monoisotopic (exact) mass is 379 g/mol. The van der Waals surface area contributed by atoms with Crippen molar-refractivity contribution in [1.82, 2.24) is 20.7 Å². The zero-order valence-electron chi connectivity index (χ0n) is 16.0. The molecule has 2 aliphatic rings. The van der Waals surface area contributed by atoms with Crippen molar-refractivity contribution in [2.75, 3.05) is 31.1 Å². The number of carbonyl (C=O) groups is 2. The molecule has 2 unspecified atom stereocenters. The Morgan fingerprint density at radius 3 is 2.39 bits per heavy atom. The van der Waals surface area contributed by atoms with Gasteiger partial charge in [-0.1, -0.05) is 6.07 Å². The number of nitrogens with one attached hydrogen (secondary N) is 2. The molecule has 0 spiro atoms. The first-order chi connectivity index (χ1) is 13.6. The maximum Gasteiger partial charge on any atom is 0.241 e. The molecule has 7 nitrogen and oxygen atoms in total. The largest absolute Gasteiger partial charge is 0.368 e. The summed E-state index contributed by atoms with van der Waals surface area (Å²) < 4.78 is 0. The predicted octanol–water partition coefficient (Wildman–Crippen LogP) is 1.54. The molecule has 2 aromatic rings.